The molecule has 3 N–H and O–H groups in total. The third-order valence-electron chi connectivity index (χ3n) is 5.87. The van der Waals surface area contributed by atoms with Gasteiger partial charge in [-0.2, -0.15) is 10.6 Å². The summed E-state index contributed by atoms with van der Waals surface area (Å²) in [5, 5.41) is 0. The van der Waals surface area contributed by atoms with Crippen LogP contribution in [-0.4, -0.2) is 25.7 Å². The molecule has 31 heavy (non-hydrogen) atoms. The van der Waals surface area contributed by atoms with Crippen molar-refractivity contribution < 1.29 is 32.0 Å². The highest BCUT2D eigenvalue weighted by Gasteiger charge is 2.55. The number of hydrogen-bond acceptors (Lipinski definition) is 7. The number of halogens is 1. The van der Waals surface area contributed by atoms with Crippen LogP contribution in [0.25, 0.3) is 0 Å². The van der Waals surface area contributed by atoms with Crippen molar-refractivity contribution in [2.75, 3.05) is 0 Å². The van der Waals surface area contributed by atoms with E-state index < -0.39 is 39.2 Å². The Hall–Kier alpha value is -2.82. The summed E-state index contributed by atoms with van der Waals surface area (Å²) in [6.45, 7) is 0. The zero-order chi connectivity index (χ0) is 22.2. The van der Waals surface area contributed by atoms with Gasteiger partial charge in [0, 0.05) is 11.8 Å². The Morgan fingerprint density at radius 2 is 1.52 bits per heavy atom. The van der Waals surface area contributed by atoms with E-state index >= 15 is 0 Å². The molecule has 0 radical (unpaired) electrons. The van der Waals surface area contributed by atoms with E-state index in [1.807, 2.05) is 0 Å². The Bertz CT molecular complexity index is 1090. The van der Waals surface area contributed by atoms with Gasteiger partial charge in [-0.05, 0) is 74.2 Å². The number of ether oxygens (including phenoxy) is 1. The molecule has 0 saturated heterocycles. The first kappa shape index (κ1) is 21.4. The number of rotatable bonds is 6. The summed E-state index contributed by atoms with van der Waals surface area (Å²) in [6.07, 6.45) is 1.26. The molecule has 2 fully saturated rings. The molecule has 0 spiro atoms. The summed E-state index contributed by atoms with van der Waals surface area (Å²) in [7, 11) is -4.13. The van der Waals surface area contributed by atoms with Crippen LogP contribution in [0.3, 0.4) is 0 Å². The lowest BCUT2D eigenvalue weighted by atomic mass is 9.75. The molecular weight excluding hydrogens is 427 g/mol. The molecule has 10 heteroatoms. The maximum Gasteiger partial charge on any atom is 0.345 e. The van der Waals surface area contributed by atoms with Crippen molar-refractivity contribution >= 4 is 21.8 Å². The molecule has 2 aliphatic carbocycles. The van der Waals surface area contributed by atoms with Gasteiger partial charge in [0.1, 0.15) is 28.6 Å². The van der Waals surface area contributed by atoms with Gasteiger partial charge in [-0.3, -0.25) is 4.79 Å². The van der Waals surface area contributed by atoms with Crippen LogP contribution >= 0.6 is 0 Å². The molecule has 2 unspecified atom stereocenters. The molecule has 2 atom stereocenters. The number of benzene rings is 2. The summed E-state index contributed by atoms with van der Waals surface area (Å²) in [5.41, 5.74) is -1.59. The third kappa shape index (κ3) is 4.18. The number of ketones is 1. The standard InChI is InChI=1S/C21H21FN2O6S/c22-15-3-5-16(6-4-15)29-17-7-9-18(10-8-17)31(27,28)24-21(20(26)30-23)11-13-1-2-14(12-21)19(13)25/h3-10,13-14,24H,1-2,11-12,23H2. The van der Waals surface area contributed by atoms with Crippen LogP contribution < -0.4 is 15.4 Å². The normalized spacial score (nSPS) is 25.3. The van der Waals surface area contributed by atoms with Crippen LogP contribution in [0.5, 0.6) is 11.5 Å². The predicted octanol–water partition coefficient (Wildman–Crippen LogP) is 2.44. The van der Waals surface area contributed by atoms with Crippen molar-refractivity contribution in [3.05, 3.63) is 54.3 Å². The molecule has 2 aliphatic rings. The Labute approximate surface area is 178 Å². The fraction of sp³-hybridized carbons (Fsp3) is 0.333. The number of carbonyl (C=O) groups excluding carboxylic acids is 2. The van der Waals surface area contributed by atoms with Crippen LogP contribution in [0, 0.1) is 17.7 Å². The van der Waals surface area contributed by atoms with E-state index in [0.717, 1.165) is 0 Å². The Morgan fingerprint density at radius 3 is 2.03 bits per heavy atom. The van der Waals surface area contributed by atoms with Crippen molar-refractivity contribution in [2.24, 2.45) is 17.7 Å². The highest BCUT2D eigenvalue weighted by atomic mass is 32.2. The van der Waals surface area contributed by atoms with E-state index in [1.165, 1.54) is 48.5 Å². The van der Waals surface area contributed by atoms with Gasteiger partial charge in [-0.15, -0.1) is 0 Å². The SMILES string of the molecule is NOC(=O)C1(NS(=O)(=O)c2ccc(Oc3ccc(F)cc3)cc2)CC2CCC(C1)C2=O. The van der Waals surface area contributed by atoms with Gasteiger partial charge in [0.25, 0.3) is 0 Å². The van der Waals surface area contributed by atoms with Gasteiger partial charge in [0.05, 0.1) is 4.90 Å². The lowest BCUT2D eigenvalue weighted by Gasteiger charge is -2.37. The van der Waals surface area contributed by atoms with Crippen molar-refractivity contribution in [1.82, 2.24) is 4.72 Å². The Balaban J connectivity index is 1.55. The largest absolute Gasteiger partial charge is 0.457 e. The first-order valence-electron chi connectivity index (χ1n) is 9.75. The molecule has 8 nitrogen and oxygen atoms in total. The van der Waals surface area contributed by atoms with E-state index in [0.29, 0.717) is 24.3 Å². The van der Waals surface area contributed by atoms with E-state index in [1.54, 1.807) is 0 Å². The Morgan fingerprint density at radius 1 is 1.00 bits per heavy atom. The van der Waals surface area contributed by atoms with E-state index in [-0.39, 0.29) is 23.5 Å². The maximum absolute atomic E-state index is 13.0. The quantitative estimate of drug-likeness (QED) is 0.650. The van der Waals surface area contributed by atoms with Gasteiger partial charge in [-0.1, -0.05) is 0 Å². The summed E-state index contributed by atoms with van der Waals surface area (Å²) < 4.78 is 47.1. The van der Waals surface area contributed by atoms with E-state index in [9.17, 15) is 22.4 Å². The third-order valence-corrected chi connectivity index (χ3v) is 7.42. The van der Waals surface area contributed by atoms with Crippen LogP contribution in [0.2, 0.25) is 0 Å². The van der Waals surface area contributed by atoms with Crippen molar-refractivity contribution in [1.29, 1.82) is 0 Å². The molecule has 0 amide bonds. The summed E-state index contributed by atoms with van der Waals surface area (Å²) in [6, 6.07) is 10.9. The average molecular weight is 448 g/mol. The minimum absolute atomic E-state index is 0.0172. The van der Waals surface area contributed by atoms with Crippen LogP contribution in [0.1, 0.15) is 25.7 Å². The van der Waals surface area contributed by atoms with Gasteiger partial charge in [-0.25, -0.2) is 17.6 Å². The monoisotopic (exact) mass is 448 g/mol. The molecule has 4 rings (SSSR count). The maximum atomic E-state index is 13.0. The summed E-state index contributed by atoms with van der Waals surface area (Å²) in [4.78, 5) is 29.0. The van der Waals surface area contributed by atoms with Crippen molar-refractivity contribution in [2.45, 2.75) is 36.1 Å². The highest BCUT2D eigenvalue weighted by Crippen LogP contribution is 2.45. The molecule has 0 heterocycles. The molecule has 2 saturated carbocycles. The number of carbonyl (C=O) groups is 2. The van der Waals surface area contributed by atoms with Crippen LogP contribution in [-0.2, 0) is 24.4 Å². The fourth-order valence-corrected chi connectivity index (χ4v) is 5.77. The lowest BCUT2D eigenvalue weighted by molar-refractivity contribution is -0.155. The number of nitrogens with two attached hydrogens (primary N) is 1. The number of hydrogen-bond donors (Lipinski definition) is 2. The number of sulfonamides is 1. The highest BCUT2D eigenvalue weighted by molar-refractivity contribution is 7.89. The second-order valence-electron chi connectivity index (χ2n) is 7.90. The average Bonchev–Trinajstić information content (AvgIpc) is 2.96. The number of nitrogens with one attached hydrogen (secondary N) is 1. The summed E-state index contributed by atoms with van der Waals surface area (Å²) in [5.74, 6) is 3.78. The minimum Gasteiger partial charge on any atom is -0.457 e. The molecule has 2 bridgehead atoms. The number of fused-ring (bicyclic) bond motifs is 2. The smallest absolute Gasteiger partial charge is 0.345 e. The second kappa shape index (κ2) is 8.03. The molecule has 0 aliphatic heterocycles. The second-order valence-corrected chi connectivity index (χ2v) is 9.58. The topological polar surface area (TPSA) is 125 Å². The fourth-order valence-electron chi connectivity index (χ4n) is 4.40. The van der Waals surface area contributed by atoms with Crippen LogP contribution in [0.15, 0.2) is 53.4 Å². The molecule has 2 aromatic rings. The van der Waals surface area contributed by atoms with Crippen molar-refractivity contribution in [3.8, 4) is 11.5 Å². The lowest BCUT2D eigenvalue weighted by Crippen LogP contribution is -2.59. The zero-order valence-electron chi connectivity index (χ0n) is 16.4. The van der Waals surface area contributed by atoms with Crippen molar-refractivity contribution in [3.63, 3.8) is 0 Å². The summed E-state index contributed by atoms with van der Waals surface area (Å²) >= 11 is 0. The van der Waals surface area contributed by atoms with Gasteiger partial charge >= 0.3 is 5.97 Å². The molecule has 2 aromatic carbocycles. The van der Waals surface area contributed by atoms with E-state index in [2.05, 4.69) is 9.56 Å². The van der Waals surface area contributed by atoms with Gasteiger partial charge in [0.15, 0.2) is 0 Å². The number of Topliss-reactive ketones (excluding diaryl/α,β-unsaturated/α-hetero) is 1. The molecule has 164 valence electrons. The molecule has 0 aromatic heterocycles. The van der Waals surface area contributed by atoms with E-state index in [4.69, 9.17) is 10.6 Å². The zero-order valence-corrected chi connectivity index (χ0v) is 17.2. The van der Waals surface area contributed by atoms with Gasteiger partial charge < -0.3 is 9.57 Å². The van der Waals surface area contributed by atoms with Gasteiger partial charge in [0.2, 0.25) is 10.0 Å². The van der Waals surface area contributed by atoms with Crippen LogP contribution in [0.4, 0.5) is 4.39 Å². The predicted molar refractivity (Wildman–Crippen MR) is 107 cm³/mol. The first-order chi connectivity index (χ1) is 14.7. The first-order valence-corrected chi connectivity index (χ1v) is 11.2. The minimum atomic E-state index is -4.13. The Kier molecular flexibility index (Phi) is 5.54. The molecular formula is C21H21FN2O6S.